The van der Waals surface area contributed by atoms with Gasteiger partial charge < -0.3 is 5.11 Å². The first-order valence-electron chi connectivity index (χ1n) is 10.5. The van der Waals surface area contributed by atoms with E-state index in [1.807, 2.05) is 12.2 Å². The number of aliphatic hydroxyl groups excluding tert-OH is 1. The third kappa shape index (κ3) is 11.9. The molecule has 0 bridgehead atoms. The Morgan fingerprint density at radius 1 is 0.654 bits per heavy atom. The summed E-state index contributed by atoms with van der Waals surface area (Å²) in [5.41, 5.74) is 1.09. The first-order valence-corrected chi connectivity index (χ1v) is 10.5. The Hall–Kier alpha value is -0.560. The van der Waals surface area contributed by atoms with Crippen LogP contribution >= 0.6 is 0 Å². The highest BCUT2D eigenvalue weighted by molar-refractivity contribution is 4.87. The van der Waals surface area contributed by atoms with Gasteiger partial charge >= 0.3 is 0 Å². The molecule has 0 radical (unpaired) electrons. The van der Waals surface area contributed by atoms with Crippen molar-refractivity contribution in [1.29, 1.82) is 0 Å². The molecule has 0 unspecified atom stereocenters. The van der Waals surface area contributed by atoms with Gasteiger partial charge in [0.15, 0.2) is 0 Å². The molecule has 0 aliphatic carbocycles. The lowest BCUT2D eigenvalue weighted by Crippen LogP contribution is -2.26. The fourth-order valence-electron chi connectivity index (χ4n) is 4.95. The molecular formula is C25H48O. The van der Waals surface area contributed by atoms with Crippen molar-refractivity contribution in [1.82, 2.24) is 0 Å². The normalized spacial score (nSPS) is 13.9. The molecule has 0 aromatic carbocycles. The Bertz CT molecular complexity index is 385. The Kier molecular flexibility index (Phi) is 9.89. The van der Waals surface area contributed by atoms with Crippen LogP contribution < -0.4 is 0 Å². The Morgan fingerprint density at radius 2 is 0.962 bits per heavy atom. The minimum absolute atomic E-state index is 0.182. The van der Waals surface area contributed by atoms with Gasteiger partial charge in [-0.05, 0) is 73.0 Å². The van der Waals surface area contributed by atoms with Crippen LogP contribution in [-0.4, -0.2) is 11.2 Å². The number of aliphatic hydroxyl groups is 1. The summed E-state index contributed by atoms with van der Waals surface area (Å²) in [6.45, 7) is 26.4. The van der Waals surface area contributed by atoms with E-state index in [4.69, 9.17) is 0 Å². The summed E-state index contributed by atoms with van der Waals surface area (Å²) in [4.78, 5) is 0. The summed E-state index contributed by atoms with van der Waals surface area (Å²) in [5.74, 6) is 0. The third-order valence-electron chi connectivity index (χ3n) is 5.62. The van der Waals surface area contributed by atoms with Crippen molar-refractivity contribution in [3.05, 3.63) is 25.3 Å². The summed E-state index contributed by atoms with van der Waals surface area (Å²) >= 11 is 0. The second kappa shape index (κ2) is 10.1. The first kappa shape index (κ1) is 25.4. The third-order valence-corrected chi connectivity index (χ3v) is 5.62. The zero-order valence-corrected chi connectivity index (χ0v) is 19.3. The maximum absolute atomic E-state index is 10.5. The van der Waals surface area contributed by atoms with Crippen molar-refractivity contribution in [2.75, 3.05) is 0 Å². The molecule has 0 aliphatic rings. The van der Waals surface area contributed by atoms with E-state index in [-0.39, 0.29) is 27.8 Å². The maximum Gasteiger partial charge on any atom is 0.0540 e. The van der Waals surface area contributed by atoms with E-state index in [1.165, 1.54) is 12.8 Å². The van der Waals surface area contributed by atoms with Gasteiger partial charge in [-0.3, -0.25) is 0 Å². The predicted octanol–water partition coefficient (Wildman–Crippen LogP) is 7.94. The van der Waals surface area contributed by atoms with Crippen molar-refractivity contribution < 1.29 is 5.11 Å². The first-order chi connectivity index (χ1) is 11.6. The fourth-order valence-corrected chi connectivity index (χ4v) is 4.95. The van der Waals surface area contributed by atoms with Crippen LogP contribution in [0.5, 0.6) is 0 Å². The summed E-state index contributed by atoms with van der Waals surface area (Å²) < 4.78 is 0. The summed E-state index contributed by atoms with van der Waals surface area (Å²) in [7, 11) is 0. The van der Waals surface area contributed by atoms with Crippen LogP contribution in [0.1, 0.15) is 107 Å². The summed E-state index contributed by atoms with van der Waals surface area (Å²) in [6, 6.07) is 0. The van der Waals surface area contributed by atoms with Crippen molar-refractivity contribution in [2.24, 2.45) is 21.7 Å². The average molecular weight is 365 g/mol. The van der Waals surface area contributed by atoms with E-state index >= 15 is 0 Å². The summed E-state index contributed by atoms with van der Waals surface area (Å²) in [5, 5.41) is 10.5. The highest BCUT2D eigenvalue weighted by atomic mass is 16.3. The molecule has 1 heteroatoms. The molecule has 0 fully saturated rings. The van der Waals surface area contributed by atoms with Crippen molar-refractivity contribution in [3.63, 3.8) is 0 Å². The summed E-state index contributed by atoms with van der Waals surface area (Å²) in [6.07, 6.45) is 12.3. The Labute approximate surface area is 165 Å². The van der Waals surface area contributed by atoms with Gasteiger partial charge in [-0.2, -0.15) is 0 Å². The minimum atomic E-state index is -0.182. The topological polar surface area (TPSA) is 20.2 Å². The fraction of sp³-hybridized carbons (Fsp3) is 0.840. The van der Waals surface area contributed by atoms with Gasteiger partial charge in [0.25, 0.3) is 0 Å². The standard InChI is InChI=1S/C25H48O/c1-11-15-22(3,4)19-24(7,8)17-13-21(26)14-18-25(9,10)20-23(5,6)16-12-2/h11-12,21,26H,1-2,13-20H2,3-10H3. The molecule has 0 aliphatic heterocycles. The van der Waals surface area contributed by atoms with E-state index in [1.54, 1.807) is 0 Å². The molecule has 0 heterocycles. The number of hydrogen-bond donors (Lipinski definition) is 1. The monoisotopic (exact) mass is 364 g/mol. The molecule has 0 atom stereocenters. The van der Waals surface area contributed by atoms with Crippen LogP contribution in [-0.2, 0) is 0 Å². The van der Waals surface area contributed by atoms with Gasteiger partial charge in [0, 0.05) is 0 Å². The SMILES string of the molecule is C=CCC(C)(C)CC(C)(C)CCC(O)CCC(C)(C)CC(C)(C)CC=C. The van der Waals surface area contributed by atoms with Crippen LogP contribution in [0, 0.1) is 21.7 Å². The van der Waals surface area contributed by atoms with Crippen molar-refractivity contribution >= 4 is 0 Å². The van der Waals surface area contributed by atoms with Crippen LogP contribution in [0.25, 0.3) is 0 Å². The van der Waals surface area contributed by atoms with Crippen molar-refractivity contribution in [3.8, 4) is 0 Å². The van der Waals surface area contributed by atoms with Crippen molar-refractivity contribution in [2.45, 2.75) is 113 Å². The highest BCUT2D eigenvalue weighted by Gasteiger charge is 2.30. The van der Waals surface area contributed by atoms with E-state index in [9.17, 15) is 5.11 Å². The maximum atomic E-state index is 10.5. The van der Waals surface area contributed by atoms with E-state index in [0.717, 1.165) is 38.5 Å². The molecule has 0 rings (SSSR count). The lowest BCUT2D eigenvalue weighted by Gasteiger charge is -2.36. The zero-order valence-electron chi connectivity index (χ0n) is 19.3. The molecule has 154 valence electrons. The smallest absolute Gasteiger partial charge is 0.0540 e. The predicted molar refractivity (Wildman–Crippen MR) is 118 cm³/mol. The average Bonchev–Trinajstić information content (AvgIpc) is 2.40. The Balaban J connectivity index is 4.42. The second-order valence-electron chi connectivity index (χ2n) is 11.7. The Morgan fingerprint density at radius 3 is 1.23 bits per heavy atom. The van der Waals surface area contributed by atoms with Gasteiger partial charge in [-0.1, -0.05) is 67.5 Å². The van der Waals surface area contributed by atoms with E-state index in [2.05, 4.69) is 68.5 Å². The van der Waals surface area contributed by atoms with Crippen LogP contribution in [0.2, 0.25) is 0 Å². The van der Waals surface area contributed by atoms with Crippen LogP contribution in [0.4, 0.5) is 0 Å². The minimum Gasteiger partial charge on any atom is -0.393 e. The lowest BCUT2D eigenvalue weighted by atomic mass is 9.70. The quantitative estimate of drug-likeness (QED) is 0.310. The van der Waals surface area contributed by atoms with Gasteiger partial charge in [0.05, 0.1) is 6.10 Å². The molecule has 0 saturated heterocycles. The van der Waals surface area contributed by atoms with Gasteiger partial charge in [0.1, 0.15) is 0 Å². The van der Waals surface area contributed by atoms with Gasteiger partial charge in [-0.25, -0.2) is 0 Å². The second-order valence-corrected chi connectivity index (χ2v) is 11.7. The molecular weight excluding hydrogens is 316 g/mol. The zero-order chi connectivity index (χ0) is 20.6. The largest absolute Gasteiger partial charge is 0.393 e. The van der Waals surface area contributed by atoms with Gasteiger partial charge in [-0.15, -0.1) is 13.2 Å². The highest BCUT2D eigenvalue weighted by Crippen LogP contribution is 2.41. The lowest BCUT2D eigenvalue weighted by molar-refractivity contribution is 0.0930. The molecule has 0 amide bonds. The van der Waals surface area contributed by atoms with Crippen LogP contribution in [0.15, 0.2) is 25.3 Å². The van der Waals surface area contributed by atoms with Crippen LogP contribution in [0.3, 0.4) is 0 Å². The van der Waals surface area contributed by atoms with E-state index < -0.39 is 0 Å². The van der Waals surface area contributed by atoms with Gasteiger partial charge in [0.2, 0.25) is 0 Å². The molecule has 0 spiro atoms. The molecule has 1 N–H and O–H groups in total. The molecule has 0 aromatic heterocycles. The molecule has 26 heavy (non-hydrogen) atoms. The number of hydrogen-bond acceptors (Lipinski definition) is 1. The van der Waals surface area contributed by atoms with E-state index in [0.29, 0.717) is 0 Å². The molecule has 1 nitrogen and oxygen atoms in total. The molecule has 0 saturated carbocycles. The number of rotatable bonds is 14. The number of allylic oxidation sites excluding steroid dienone is 2. The molecule has 0 aromatic rings.